The summed E-state index contributed by atoms with van der Waals surface area (Å²) in [5, 5.41) is 14.5. The van der Waals surface area contributed by atoms with Crippen LogP contribution < -0.4 is 0 Å². The number of pyridine rings is 1. The average Bonchev–Trinajstić information content (AvgIpc) is 3.36. The molecule has 0 saturated heterocycles. The second-order valence-corrected chi connectivity index (χ2v) is 7.41. The minimum atomic E-state index is -2.68. The summed E-state index contributed by atoms with van der Waals surface area (Å²) in [6, 6.07) is 12.3. The minimum Gasteiger partial charge on any atom is -0.392 e. The van der Waals surface area contributed by atoms with Crippen molar-refractivity contribution in [2.24, 2.45) is 6.98 Å². The van der Waals surface area contributed by atoms with Gasteiger partial charge < -0.3 is 10.0 Å². The predicted molar refractivity (Wildman–Crippen MR) is 115 cm³/mol. The molecule has 0 spiro atoms. The molecule has 0 atom stereocenters. The van der Waals surface area contributed by atoms with Crippen LogP contribution in [0, 0.1) is 6.92 Å². The summed E-state index contributed by atoms with van der Waals surface area (Å²) in [6.07, 6.45) is 3.03. The van der Waals surface area contributed by atoms with Gasteiger partial charge >= 0.3 is 0 Å². The van der Waals surface area contributed by atoms with Crippen molar-refractivity contribution in [2.45, 2.75) is 26.6 Å². The van der Waals surface area contributed by atoms with E-state index in [4.69, 9.17) is 6.85 Å². The monoisotopic (exact) mass is 403 g/mol. The second kappa shape index (κ2) is 7.07. The van der Waals surface area contributed by atoms with Gasteiger partial charge in [0.15, 0.2) is 0 Å². The molecule has 0 saturated carbocycles. The van der Waals surface area contributed by atoms with Crippen LogP contribution in [0.15, 0.2) is 54.9 Å². The fourth-order valence-electron chi connectivity index (χ4n) is 4.00. The Kier molecular flexibility index (Phi) is 3.22. The Bertz CT molecular complexity index is 1470. The molecule has 150 valence electrons. The van der Waals surface area contributed by atoms with Crippen molar-refractivity contribution in [3.8, 4) is 11.1 Å². The molecule has 2 aromatic heterocycles. The van der Waals surface area contributed by atoms with Crippen LogP contribution in [0.2, 0.25) is 0 Å². The van der Waals surface area contributed by atoms with Crippen LogP contribution in [0.3, 0.4) is 0 Å². The first-order chi connectivity index (χ1) is 16.4. The molecule has 0 radical (unpaired) electrons. The Labute approximate surface area is 181 Å². The number of nitrogens with zero attached hydrogens (tertiary/aromatic N) is 4. The maximum absolute atomic E-state index is 12.7. The molecule has 1 aliphatic heterocycles. The van der Waals surface area contributed by atoms with E-state index in [0.717, 1.165) is 27.1 Å². The first kappa shape index (κ1) is 13.7. The molecule has 0 aliphatic carbocycles. The molecular formula is C24H22N4O2. The van der Waals surface area contributed by atoms with Gasteiger partial charge in [0.2, 0.25) is 0 Å². The Morgan fingerprint density at radius 3 is 2.83 bits per heavy atom. The van der Waals surface area contributed by atoms with Crippen LogP contribution in [-0.2, 0) is 26.6 Å². The topological polar surface area (TPSA) is 71.2 Å². The third-order valence-electron chi connectivity index (χ3n) is 5.56. The van der Waals surface area contributed by atoms with Crippen molar-refractivity contribution in [3.05, 3.63) is 82.8 Å². The average molecular weight is 403 g/mol. The molecule has 0 bridgehead atoms. The van der Waals surface area contributed by atoms with E-state index in [1.54, 1.807) is 29.3 Å². The van der Waals surface area contributed by atoms with Gasteiger partial charge in [-0.15, -0.1) is 0 Å². The van der Waals surface area contributed by atoms with E-state index >= 15 is 0 Å². The highest BCUT2D eigenvalue weighted by Gasteiger charge is 2.28. The van der Waals surface area contributed by atoms with Crippen LogP contribution in [0.4, 0.5) is 0 Å². The van der Waals surface area contributed by atoms with Gasteiger partial charge in [0.05, 0.1) is 32.6 Å². The van der Waals surface area contributed by atoms with Gasteiger partial charge in [-0.2, -0.15) is 5.10 Å². The minimum absolute atomic E-state index is 0.0516. The van der Waals surface area contributed by atoms with E-state index in [2.05, 4.69) is 10.1 Å². The highest BCUT2D eigenvalue weighted by molar-refractivity contribution is 5.98. The summed E-state index contributed by atoms with van der Waals surface area (Å²) in [7, 11) is 0. The third-order valence-corrected chi connectivity index (χ3v) is 5.56. The van der Waals surface area contributed by atoms with Crippen LogP contribution in [0.25, 0.3) is 22.0 Å². The molecule has 6 nitrogen and oxygen atoms in total. The zero-order valence-electron chi connectivity index (χ0n) is 21.3. The summed E-state index contributed by atoms with van der Waals surface area (Å²) in [6.45, 7) is -2.41. The molecule has 1 N–H and O–H groups in total. The van der Waals surface area contributed by atoms with Gasteiger partial charge in [-0.05, 0) is 41.3 Å². The lowest BCUT2D eigenvalue weighted by Gasteiger charge is -2.18. The molecule has 0 fully saturated rings. The van der Waals surface area contributed by atoms with Crippen LogP contribution in [-0.4, -0.2) is 30.7 Å². The van der Waals surface area contributed by atoms with Crippen LogP contribution >= 0.6 is 0 Å². The molecule has 30 heavy (non-hydrogen) atoms. The Morgan fingerprint density at radius 1 is 1.20 bits per heavy atom. The fourth-order valence-corrected chi connectivity index (χ4v) is 4.00. The van der Waals surface area contributed by atoms with Gasteiger partial charge in [0.25, 0.3) is 5.91 Å². The van der Waals surface area contributed by atoms with Gasteiger partial charge in [-0.1, -0.05) is 30.3 Å². The van der Waals surface area contributed by atoms with Gasteiger partial charge in [0.1, 0.15) is 0 Å². The van der Waals surface area contributed by atoms with Crippen molar-refractivity contribution in [2.75, 3.05) is 0 Å². The molecule has 1 amide bonds. The number of aryl methyl sites for hydroxylation is 2. The lowest BCUT2D eigenvalue weighted by Crippen LogP contribution is -2.23. The number of carbonyl (C=O) groups excluding carboxylic acids is 1. The summed E-state index contributed by atoms with van der Waals surface area (Å²) in [5.41, 5.74) is 4.72. The van der Waals surface area contributed by atoms with Crippen molar-refractivity contribution < 1.29 is 16.8 Å². The molecule has 4 aromatic rings. The van der Waals surface area contributed by atoms with E-state index in [0.29, 0.717) is 29.6 Å². The number of aromatic nitrogens is 3. The number of aliphatic hydroxyl groups is 1. The van der Waals surface area contributed by atoms with Crippen LogP contribution in [0.1, 0.15) is 39.6 Å². The SMILES string of the molecule is [2H]C([2H])(O)c1ccc(-c2ccc(CN3Cc4ncccc4C3=O)c(C)c2)c2cn(C([2H])([2H])[2H])nc12. The highest BCUT2D eigenvalue weighted by Crippen LogP contribution is 2.32. The van der Waals surface area contributed by atoms with Crippen molar-refractivity contribution in [1.29, 1.82) is 0 Å². The van der Waals surface area contributed by atoms with Gasteiger partial charge in [-0.25, -0.2) is 0 Å². The summed E-state index contributed by atoms with van der Waals surface area (Å²) in [4.78, 5) is 18.8. The number of amides is 1. The van der Waals surface area contributed by atoms with Gasteiger partial charge in [-0.3, -0.25) is 14.5 Å². The number of benzene rings is 2. The Morgan fingerprint density at radius 2 is 2.07 bits per heavy atom. The molecule has 3 heterocycles. The molecule has 6 heteroatoms. The van der Waals surface area contributed by atoms with E-state index in [9.17, 15) is 9.90 Å². The summed E-state index contributed by atoms with van der Waals surface area (Å²) < 4.78 is 39.3. The smallest absolute Gasteiger partial charge is 0.256 e. The predicted octanol–water partition coefficient (Wildman–Crippen LogP) is 3.59. The van der Waals surface area contributed by atoms with E-state index in [1.807, 2.05) is 25.1 Å². The molecular weight excluding hydrogens is 376 g/mol. The lowest BCUT2D eigenvalue weighted by atomic mass is 9.96. The van der Waals surface area contributed by atoms with Gasteiger partial charge in [0, 0.05) is 41.0 Å². The molecule has 0 unspecified atom stereocenters. The normalized spacial score (nSPS) is 16.7. The second-order valence-electron chi connectivity index (χ2n) is 7.41. The zero-order chi connectivity index (χ0) is 25.1. The standard InChI is InChI=1S/C24H22N4O2/c1-15-10-16(19-8-7-18(14-29)23-21(19)12-27(2)26-23)5-6-17(15)11-28-13-22-20(24(28)30)4-3-9-25-22/h3-10,12,29H,11,13-14H2,1-2H3/i2D3,14D2. The Balaban J connectivity index is 1.52. The highest BCUT2D eigenvalue weighted by atomic mass is 16.3. The molecule has 2 aromatic carbocycles. The Hall–Kier alpha value is -3.51. The van der Waals surface area contributed by atoms with Crippen LogP contribution in [0.5, 0.6) is 0 Å². The third kappa shape index (κ3) is 2.97. The number of hydrogen-bond acceptors (Lipinski definition) is 4. The maximum Gasteiger partial charge on any atom is 0.256 e. The number of carbonyl (C=O) groups is 1. The first-order valence-electron chi connectivity index (χ1n) is 12.0. The number of rotatable bonds is 4. The first-order valence-corrected chi connectivity index (χ1v) is 9.52. The van der Waals surface area contributed by atoms with Crippen molar-refractivity contribution in [3.63, 3.8) is 0 Å². The molecule has 1 aliphatic rings. The molecule has 5 rings (SSSR count). The van der Waals surface area contributed by atoms with E-state index in [-0.39, 0.29) is 17.0 Å². The van der Waals surface area contributed by atoms with Crippen molar-refractivity contribution in [1.82, 2.24) is 19.7 Å². The zero-order valence-corrected chi connectivity index (χ0v) is 16.3. The maximum atomic E-state index is 12.7. The van der Waals surface area contributed by atoms with E-state index < -0.39 is 13.5 Å². The van der Waals surface area contributed by atoms with E-state index in [1.165, 1.54) is 12.3 Å². The summed E-state index contributed by atoms with van der Waals surface area (Å²) >= 11 is 0. The van der Waals surface area contributed by atoms with Crippen molar-refractivity contribution >= 4 is 16.8 Å². The summed E-state index contributed by atoms with van der Waals surface area (Å²) in [5.74, 6) is -0.0516. The quantitative estimate of drug-likeness (QED) is 0.565. The number of hydrogen-bond donors (Lipinski definition) is 1. The largest absolute Gasteiger partial charge is 0.392 e. The number of fused-ring (bicyclic) bond motifs is 2. The fraction of sp³-hybridized carbons (Fsp3) is 0.208. The lowest BCUT2D eigenvalue weighted by molar-refractivity contribution is 0.0766.